The van der Waals surface area contributed by atoms with Crippen molar-refractivity contribution < 1.29 is 0 Å². The molecule has 2 N–H and O–H groups in total. The number of halogens is 1. The number of nitrogens with zero attached hydrogens (tertiary/aromatic N) is 1. The maximum atomic E-state index is 6.40. The maximum Gasteiger partial charge on any atom is 0.0516 e. The highest BCUT2D eigenvalue weighted by atomic mass is 35.5. The largest absolute Gasteiger partial charge is 0.326 e. The van der Waals surface area contributed by atoms with Crippen LogP contribution in [0.25, 0.3) is 0 Å². The summed E-state index contributed by atoms with van der Waals surface area (Å²) in [6, 6.07) is 9.62. The third-order valence-electron chi connectivity index (χ3n) is 4.36. The van der Waals surface area contributed by atoms with Crippen molar-refractivity contribution in [3.8, 4) is 0 Å². The van der Waals surface area contributed by atoms with Gasteiger partial charge in [-0.2, -0.15) is 0 Å². The van der Waals surface area contributed by atoms with E-state index in [1.807, 2.05) is 12.1 Å². The van der Waals surface area contributed by atoms with Crippen LogP contribution in [0.1, 0.15) is 51.6 Å². The fourth-order valence-electron chi connectivity index (χ4n) is 3.44. The first kappa shape index (κ1) is 14.8. The summed E-state index contributed by atoms with van der Waals surface area (Å²) >= 11 is 6.40. The lowest BCUT2D eigenvalue weighted by atomic mass is 9.97. The molecule has 0 bridgehead atoms. The second-order valence-corrected chi connectivity index (χ2v) is 6.17. The smallest absolute Gasteiger partial charge is 0.0516 e. The molecule has 0 amide bonds. The number of nitrogens with two attached hydrogens (primary N) is 1. The molecule has 1 aromatic rings. The highest BCUT2D eigenvalue weighted by molar-refractivity contribution is 6.31. The van der Waals surface area contributed by atoms with Gasteiger partial charge in [0.25, 0.3) is 0 Å². The van der Waals surface area contributed by atoms with E-state index < -0.39 is 0 Å². The van der Waals surface area contributed by atoms with E-state index in [0.717, 1.165) is 5.02 Å². The van der Waals surface area contributed by atoms with Gasteiger partial charge in [0.15, 0.2) is 0 Å². The Morgan fingerprint density at radius 2 is 2.05 bits per heavy atom. The Morgan fingerprint density at radius 1 is 1.37 bits per heavy atom. The van der Waals surface area contributed by atoms with Crippen molar-refractivity contribution in [1.82, 2.24) is 4.90 Å². The van der Waals surface area contributed by atoms with Gasteiger partial charge in [0.2, 0.25) is 0 Å². The number of benzene rings is 1. The zero-order valence-corrected chi connectivity index (χ0v) is 12.9. The summed E-state index contributed by atoms with van der Waals surface area (Å²) in [4.78, 5) is 2.59. The molecule has 2 nitrogen and oxygen atoms in total. The molecule has 0 aliphatic carbocycles. The van der Waals surface area contributed by atoms with Crippen LogP contribution in [-0.2, 0) is 0 Å². The monoisotopic (exact) mass is 280 g/mol. The predicted molar refractivity (Wildman–Crippen MR) is 82.5 cm³/mol. The molecule has 2 rings (SSSR count). The number of hydrogen-bond donors (Lipinski definition) is 1. The summed E-state index contributed by atoms with van der Waals surface area (Å²) in [6.07, 6.45) is 3.70. The van der Waals surface area contributed by atoms with Crippen molar-refractivity contribution in [2.24, 2.45) is 5.73 Å². The average Bonchev–Trinajstić information content (AvgIpc) is 2.73. The van der Waals surface area contributed by atoms with Gasteiger partial charge in [0.1, 0.15) is 0 Å². The van der Waals surface area contributed by atoms with E-state index in [4.69, 9.17) is 17.3 Å². The third-order valence-corrected chi connectivity index (χ3v) is 4.71. The molecule has 4 atom stereocenters. The summed E-state index contributed by atoms with van der Waals surface area (Å²) in [5, 5.41) is 0.832. The molecule has 106 valence electrons. The molecule has 3 heteroatoms. The molecule has 1 aliphatic heterocycles. The molecule has 19 heavy (non-hydrogen) atoms. The molecule has 0 radical (unpaired) electrons. The van der Waals surface area contributed by atoms with E-state index in [1.165, 1.54) is 24.8 Å². The number of rotatable bonds is 4. The van der Waals surface area contributed by atoms with E-state index in [-0.39, 0.29) is 12.1 Å². The molecule has 1 aliphatic rings. The van der Waals surface area contributed by atoms with Crippen LogP contribution in [-0.4, -0.2) is 23.0 Å². The van der Waals surface area contributed by atoms with Crippen LogP contribution < -0.4 is 5.73 Å². The highest BCUT2D eigenvalue weighted by Gasteiger charge is 2.37. The fourth-order valence-corrected chi connectivity index (χ4v) is 3.69. The topological polar surface area (TPSA) is 29.3 Å². The van der Waals surface area contributed by atoms with Crippen molar-refractivity contribution in [3.63, 3.8) is 0 Å². The Kier molecular flexibility index (Phi) is 4.88. The zero-order chi connectivity index (χ0) is 14.0. The Hall–Kier alpha value is -0.570. The van der Waals surface area contributed by atoms with Crippen LogP contribution in [0.15, 0.2) is 24.3 Å². The second kappa shape index (κ2) is 6.25. The molecular formula is C16H25ClN2. The van der Waals surface area contributed by atoms with Gasteiger partial charge in [-0.15, -0.1) is 0 Å². The van der Waals surface area contributed by atoms with E-state index in [1.54, 1.807) is 0 Å². The first-order valence-corrected chi connectivity index (χ1v) is 7.71. The van der Waals surface area contributed by atoms with Gasteiger partial charge in [-0.05, 0) is 44.7 Å². The van der Waals surface area contributed by atoms with Gasteiger partial charge >= 0.3 is 0 Å². The van der Waals surface area contributed by atoms with Gasteiger partial charge in [0, 0.05) is 23.1 Å². The molecule has 1 aromatic carbocycles. The molecule has 1 fully saturated rings. The van der Waals surface area contributed by atoms with Gasteiger partial charge < -0.3 is 5.73 Å². The SMILES string of the molecule is CCC1CCC(C)N1C(c1ccccc1Cl)C(C)N. The summed E-state index contributed by atoms with van der Waals surface area (Å²) in [6.45, 7) is 6.66. The quantitative estimate of drug-likeness (QED) is 0.903. The minimum atomic E-state index is 0.0782. The van der Waals surface area contributed by atoms with Crippen molar-refractivity contribution in [1.29, 1.82) is 0 Å². The Balaban J connectivity index is 2.38. The maximum absolute atomic E-state index is 6.40. The van der Waals surface area contributed by atoms with Gasteiger partial charge in [-0.1, -0.05) is 36.7 Å². The molecule has 0 aromatic heterocycles. The molecule has 4 unspecified atom stereocenters. The minimum Gasteiger partial charge on any atom is -0.326 e. The van der Waals surface area contributed by atoms with Crippen molar-refractivity contribution in [2.45, 2.75) is 64.2 Å². The van der Waals surface area contributed by atoms with Gasteiger partial charge in [-0.25, -0.2) is 0 Å². The van der Waals surface area contributed by atoms with Crippen LogP contribution in [0.4, 0.5) is 0 Å². The van der Waals surface area contributed by atoms with E-state index in [9.17, 15) is 0 Å². The number of likely N-dealkylation sites (tertiary alicyclic amines) is 1. The van der Waals surface area contributed by atoms with E-state index in [2.05, 4.69) is 37.8 Å². The van der Waals surface area contributed by atoms with Crippen LogP contribution >= 0.6 is 11.6 Å². The van der Waals surface area contributed by atoms with Crippen LogP contribution in [0.5, 0.6) is 0 Å². The molecular weight excluding hydrogens is 256 g/mol. The van der Waals surface area contributed by atoms with Crippen molar-refractivity contribution >= 4 is 11.6 Å². The molecule has 1 saturated heterocycles. The van der Waals surface area contributed by atoms with Crippen LogP contribution in [0, 0.1) is 0 Å². The lowest BCUT2D eigenvalue weighted by Gasteiger charge is -2.39. The first-order valence-electron chi connectivity index (χ1n) is 7.33. The first-order chi connectivity index (χ1) is 9.06. The highest BCUT2D eigenvalue weighted by Crippen LogP contribution is 2.38. The average molecular weight is 281 g/mol. The predicted octanol–water partition coefficient (Wildman–Crippen LogP) is 3.99. The lowest BCUT2D eigenvalue weighted by Crippen LogP contribution is -2.45. The minimum absolute atomic E-state index is 0.0782. The van der Waals surface area contributed by atoms with Crippen molar-refractivity contribution in [3.05, 3.63) is 34.9 Å². The summed E-state index contributed by atoms with van der Waals surface area (Å²) < 4.78 is 0. The van der Waals surface area contributed by atoms with E-state index in [0.29, 0.717) is 12.1 Å². The normalized spacial score (nSPS) is 27.4. The lowest BCUT2D eigenvalue weighted by molar-refractivity contribution is 0.117. The summed E-state index contributed by atoms with van der Waals surface area (Å²) in [7, 11) is 0. The summed E-state index contributed by atoms with van der Waals surface area (Å²) in [5.74, 6) is 0. The fraction of sp³-hybridized carbons (Fsp3) is 0.625. The summed E-state index contributed by atoms with van der Waals surface area (Å²) in [5.41, 5.74) is 7.47. The third kappa shape index (κ3) is 2.96. The van der Waals surface area contributed by atoms with Gasteiger partial charge in [0.05, 0.1) is 6.04 Å². The standard InChI is InChI=1S/C16H25ClN2/c1-4-13-10-9-11(2)19(13)16(12(3)18)14-7-5-6-8-15(14)17/h5-8,11-13,16H,4,9-10,18H2,1-3H3. The van der Waals surface area contributed by atoms with E-state index >= 15 is 0 Å². The molecule has 0 saturated carbocycles. The Bertz CT molecular complexity index is 419. The van der Waals surface area contributed by atoms with Gasteiger partial charge in [-0.3, -0.25) is 4.90 Å². The Morgan fingerprint density at radius 3 is 2.63 bits per heavy atom. The Labute approximate surface area is 121 Å². The van der Waals surface area contributed by atoms with Crippen molar-refractivity contribution in [2.75, 3.05) is 0 Å². The zero-order valence-electron chi connectivity index (χ0n) is 12.1. The van der Waals surface area contributed by atoms with Crippen LogP contribution in [0.3, 0.4) is 0 Å². The molecule has 0 spiro atoms. The second-order valence-electron chi connectivity index (χ2n) is 5.76. The molecule has 1 heterocycles. The number of hydrogen-bond acceptors (Lipinski definition) is 2. The van der Waals surface area contributed by atoms with Crippen LogP contribution in [0.2, 0.25) is 5.02 Å².